The Morgan fingerprint density at radius 2 is 2.57 bits per heavy atom. The van der Waals surface area contributed by atoms with Gasteiger partial charge in [0.15, 0.2) is 0 Å². The van der Waals surface area contributed by atoms with E-state index in [1.165, 1.54) is 0 Å². The molecule has 2 nitrogen and oxygen atoms in total. The highest BCUT2D eigenvalue weighted by molar-refractivity contribution is 6.61. The lowest BCUT2D eigenvalue weighted by Crippen LogP contribution is -2.05. The zero-order chi connectivity index (χ0) is 5.11. The van der Waals surface area contributed by atoms with Gasteiger partial charge in [0.05, 0.1) is 6.61 Å². The highest BCUT2D eigenvalue weighted by Crippen LogP contribution is 2.02. The van der Waals surface area contributed by atoms with E-state index in [4.69, 9.17) is 6.42 Å². The average molecular weight is 95.9 g/mol. The minimum absolute atomic E-state index is 0.0972. The molecular weight excluding hydrogens is 90.9 g/mol. The van der Waals surface area contributed by atoms with Crippen molar-refractivity contribution >= 4 is 6.92 Å². The quantitative estimate of drug-likeness (QED) is 0.242. The van der Waals surface area contributed by atoms with E-state index in [-0.39, 0.29) is 6.92 Å². The van der Waals surface area contributed by atoms with Gasteiger partial charge in [-0.2, -0.15) is 0 Å². The van der Waals surface area contributed by atoms with Gasteiger partial charge in [-0.1, -0.05) is 0 Å². The summed E-state index contributed by atoms with van der Waals surface area (Å²) in [4.78, 5) is 9.07. The molecule has 0 aromatic rings. The van der Waals surface area contributed by atoms with Crippen LogP contribution < -0.4 is 0 Å². The maximum Gasteiger partial charge on any atom is 0.423 e. The van der Waals surface area contributed by atoms with Crippen LogP contribution in [0.2, 0.25) is 6.32 Å². The van der Waals surface area contributed by atoms with Crippen LogP contribution in [-0.2, 0) is 9.69 Å². The maximum atomic E-state index is 4.98. The van der Waals surface area contributed by atoms with Gasteiger partial charge in [0, 0.05) is 0 Å². The van der Waals surface area contributed by atoms with Crippen molar-refractivity contribution in [3.05, 3.63) is 0 Å². The molecule has 0 unspecified atom stereocenters. The first-order chi connectivity index (χ1) is 3.43. The Kier molecular flexibility index (Phi) is 1.35. The molecule has 0 atom stereocenters. The van der Waals surface area contributed by atoms with Gasteiger partial charge in [0.2, 0.25) is 0 Å². The predicted molar refractivity (Wildman–Crippen MR) is 26.4 cm³/mol. The van der Waals surface area contributed by atoms with Crippen LogP contribution in [0.1, 0.15) is 0 Å². The van der Waals surface area contributed by atoms with E-state index in [1.54, 1.807) is 0 Å². The Hall–Kier alpha value is -0.455. The molecular formula is C4H5BO2. The van der Waals surface area contributed by atoms with E-state index in [2.05, 4.69) is 15.5 Å². The molecule has 1 fully saturated rings. The number of hydrogen-bond donors (Lipinski definition) is 0. The lowest BCUT2D eigenvalue weighted by atomic mass is 9.67. The fraction of sp³-hybridized carbons (Fsp3) is 0.500. The van der Waals surface area contributed by atoms with Crippen LogP contribution in [0.4, 0.5) is 0 Å². The Labute approximate surface area is 42.8 Å². The second kappa shape index (κ2) is 2.01. The van der Waals surface area contributed by atoms with Crippen LogP contribution in [0.25, 0.3) is 0 Å². The second-order valence-corrected chi connectivity index (χ2v) is 1.36. The lowest BCUT2D eigenvalue weighted by molar-refractivity contribution is -0.184. The third-order valence-electron chi connectivity index (χ3n) is 0.833. The van der Waals surface area contributed by atoms with Gasteiger partial charge in [-0.15, -0.1) is 12.2 Å². The minimum Gasteiger partial charge on any atom is -0.287 e. The van der Waals surface area contributed by atoms with Gasteiger partial charge in [0.1, 0.15) is 0 Å². The highest BCUT2D eigenvalue weighted by Gasteiger charge is 2.19. The fourth-order valence-corrected chi connectivity index (χ4v) is 0.445. The Morgan fingerprint density at radius 1 is 1.71 bits per heavy atom. The van der Waals surface area contributed by atoms with Gasteiger partial charge in [-0.3, -0.25) is 9.69 Å². The molecule has 1 aliphatic rings. The van der Waals surface area contributed by atoms with E-state index in [1.807, 2.05) is 0 Å². The van der Waals surface area contributed by atoms with Crippen LogP contribution in [0.5, 0.6) is 0 Å². The predicted octanol–water partition coefficient (Wildman–Crippen LogP) is 0.112. The summed E-state index contributed by atoms with van der Waals surface area (Å²) in [5.74, 6) is 2.42. The molecule has 0 aliphatic carbocycles. The molecule has 1 aliphatic heterocycles. The molecule has 0 bridgehead atoms. The molecule has 1 saturated heterocycles. The molecule has 0 aromatic carbocycles. The molecule has 0 amide bonds. The summed E-state index contributed by atoms with van der Waals surface area (Å²) in [7, 11) is 0. The van der Waals surface area contributed by atoms with Crippen molar-refractivity contribution in [2.45, 2.75) is 6.32 Å². The van der Waals surface area contributed by atoms with Crippen LogP contribution in [0.3, 0.4) is 0 Å². The fourth-order valence-electron chi connectivity index (χ4n) is 0.445. The molecule has 0 spiro atoms. The maximum absolute atomic E-state index is 4.98. The van der Waals surface area contributed by atoms with Crippen molar-refractivity contribution in [1.82, 2.24) is 0 Å². The Balaban J connectivity index is 2.31. The van der Waals surface area contributed by atoms with Gasteiger partial charge in [-0.05, 0) is 6.32 Å². The average Bonchev–Trinajstić information content (AvgIpc) is 2.14. The molecule has 1 heterocycles. The summed E-state index contributed by atoms with van der Waals surface area (Å²) in [6, 6.07) is 0. The van der Waals surface area contributed by atoms with Gasteiger partial charge < -0.3 is 0 Å². The first-order valence-electron chi connectivity index (χ1n) is 2.18. The first kappa shape index (κ1) is 4.70. The second-order valence-electron chi connectivity index (χ2n) is 1.36. The Morgan fingerprint density at radius 3 is 2.86 bits per heavy atom. The van der Waals surface area contributed by atoms with E-state index >= 15 is 0 Å². The molecule has 7 heavy (non-hydrogen) atoms. The molecule has 3 heteroatoms. The highest BCUT2D eigenvalue weighted by atomic mass is 17.2. The molecule has 1 rings (SSSR count). The number of rotatable bonds is 0. The Bertz CT molecular complexity index is 90.4. The molecule has 0 radical (unpaired) electrons. The number of hydrogen-bond acceptors (Lipinski definition) is 2. The van der Waals surface area contributed by atoms with Crippen molar-refractivity contribution in [2.75, 3.05) is 6.61 Å². The standard InChI is InChI=1S/C4H5BO2/c1-2-5-3-4-6-7-5/h1H,3-4H2. The van der Waals surface area contributed by atoms with Gasteiger partial charge >= 0.3 is 6.92 Å². The van der Waals surface area contributed by atoms with Crippen LogP contribution in [0, 0.1) is 12.2 Å². The van der Waals surface area contributed by atoms with Crippen LogP contribution in [0.15, 0.2) is 0 Å². The van der Waals surface area contributed by atoms with E-state index < -0.39 is 0 Å². The summed E-state index contributed by atoms with van der Waals surface area (Å²) in [5, 5.41) is 0. The summed E-state index contributed by atoms with van der Waals surface area (Å²) in [5.41, 5.74) is 0. The third-order valence-corrected chi connectivity index (χ3v) is 0.833. The smallest absolute Gasteiger partial charge is 0.287 e. The third kappa shape index (κ3) is 0.954. The zero-order valence-corrected chi connectivity index (χ0v) is 3.89. The molecule has 0 N–H and O–H groups in total. The van der Waals surface area contributed by atoms with Crippen molar-refractivity contribution < 1.29 is 9.69 Å². The molecule has 0 aromatic heterocycles. The van der Waals surface area contributed by atoms with Gasteiger partial charge in [-0.25, -0.2) is 0 Å². The number of terminal acetylenes is 1. The van der Waals surface area contributed by atoms with E-state index in [9.17, 15) is 0 Å². The van der Waals surface area contributed by atoms with Crippen molar-refractivity contribution in [1.29, 1.82) is 0 Å². The van der Waals surface area contributed by atoms with Crippen LogP contribution >= 0.6 is 0 Å². The summed E-state index contributed by atoms with van der Waals surface area (Å²) < 4.78 is 0. The topological polar surface area (TPSA) is 18.5 Å². The first-order valence-corrected chi connectivity index (χ1v) is 2.18. The molecule has 36 valence electrons. The zero-order valence-electron chi connectivity index (χ0n) is 3.89. The molecule has 0 saturated carbocycles. The largest absolute Gasteiger partial charge is 0.423 e. The summed E-state index contributed by atoms with van der Waals surface area (Å²) >= 11 is 0. The summed E-state index contributed by atoms with van der Waals surface area (Å²) in [6.07, 6.45) is 5.81. The monoisotopic (exact) mass is 96.0 g/mol. The van der Waals surface area contributed by atoms with Crippen molar-refractivity contribution in [2.24, 2.45) is 0 Å². The SMILES string of the molecule is C#CB1CCOO1. The van der Waals surface area contributed by atoms with Crippen molar-refractivity contribution in [3.8, 4) is 12.2 Å². The summed E-state index contributed by atoms with van der Waals surface area (Å²) in [6.45, 7) is 0.537. The van der Waals surface area contributed by atoms with Gasteiger partial charge in [0.25, 0.3) is 0 Å². The minimum atomic E-state index is -0.0972. The van der Waals surface area contributed by atoms with Crippen LogP contribution in [-0.4, -0.2) is 13.5 Å². The van der Waals surface area contributed by atoms with Crippen molar-refractivity contribution in [3.63, 3.8) is 0 Å². The normalized spacial score (nSPS) is 19.6. The van der Waals surface area contributed by atoms with E-state index in [0.717, 1.165) is 6.32 Å². The van der Waals surface area contributed by atoms with E-state index in [0.29, 0.717) is 6.61 Å². The lowest BCUT2D eigenvalue weighted by Gasteiger charge is -1.86.